The third kappa shape index (κ3) is 2.67. The number of carbonyl (C=O) groups excluding carboxylic acids is 3. The summed E-state index contributed by atoms with van der Waals surface area (Å²) < 4.78 is 0. The van der Waals surface area contributed by atoms with Crippen molar-refractivity contribution in [1.29, 1.82) is 0 Å². The molecule has 1 aromatic heterocycles. The van der Waals surface area contributed by atoms with Crippen LogP contribution in [-0.2, 0) is 14.4 Å². The average Bonchev–Trinajstić information content (AvgIpc) is 3.38. The van der Waals surface area contributed by atoms with Gasteiger partial charge in [0.05, 0.1) is 11.8 Å². The van der Waals surface area contributed by atoms with Crippen molar-refractivity contribution in [1.82, 2.24) is 15.1 Å². The monoisotopic (exact) mass is 374 g/mol. The first-order valence-corrected chi connectivity index (χ1v) is 10.0. The van der Waals surface area contributed by atoms with Crippen LogP contribution in [0, 0.1) is 23.7 Å². The third-order valence-corrected chi connectivity index (χ3v) is 6.89. The summed E-state index contributed by atoms with van der Waals surface area (Å²) in [6.07, 6.45) is 6.91. The molecule has 1 saturated carbocycles. The first-order chi connectivity index (χ1) is 12.5. The van der Waals surface area contributed by atoms with Crippen molar-refractivity contribution in [3.8, 4) is 0 Å². The normalized spacial score (nSPS) is 29.1. The highest BCUT2D eigenvalue weighted by molar-refractivity contribution is 7.15. The Kier molecular flexibility index (Phi) is 4.38. The van der Waals surface area contributed by atoms with Crippen LogP contribution in [0.2, 0.25) is 0 Å². The van der Waals surface area contributed by atoms with E-state index in [9.17, 15) is 14.4 Å². The van der Waals surface area contributed by atoms with Crippen LogP contribution < -0.4 is 5.32 Å². The first-order valence-electron chi connectivity index (χ1n) is 9.20. The predicted molar refractivity (Wildman–Crippen MR) is 96.3 cm³/mol. The number of allylic oxidation sites excluding steroid dienone is 2. The molecule has 0 aromatic carbocycles. The van der Waals surface area contributed by atoms with Gasteiger partial charge in [-0.3, -0.25) is 24.6 Å². The number of hydrogen-bond acceptors (Lipinski definition) is 6. The number of anilines is 1. The first kappa shape index (κ1) is 17.3. The topological polar surface area (TPSA) is 92.3 Å². The number of nitrogens with one attached hydrogen (secondary N) is 1. The van der Waals surface area contributed by atoms with Crippen molar-refractivity contribution in [3.05, 3.63) is 17.2 Å². The number of likely N-dealkylation sites (tertiary alicyclic amines) is 1. The fourth-order valence-corrected chi connectivity index (χ4v) is 5.54. The molecule has 3 aliphatic rings. The fraction of sp³-hybridized carbons (Fsp3) is 0.611. The maximum absolute atomic E-state index is 12.6. The molecule has 2 fully saturated rings. The number of carbonyl (C=O) groups is 3. The van der Waals surface area contributed by atoms with Gasteiger partial charge in [0, 0.05) is 5.92 Å². The summed E-state index contributed by atoms with van der Waals surface area (Å²) in [5.41, 5.74) is 0. The van der Waals surface area contributed by atoms with Gasteiger partial charge in [0.25, 0.3) is 0 Å². The van der Waals surface area contributed by atoms with E-state index in [0.717, 1.165) is 29.2 Å². The highest BCUT2D eigenvalue weighted by Gasteiger charge is 2.59. The molecule has 1 aromatic rings. The maximum atomic E-state index is 12.6. The molecule has 1 N–H and O–H groups in total. The lowest BCUT2D eigenvalue weighted by molar-refractivity contribution is -0.143. The molecule has 1 aliphatic heterocycles. The molecule has 138 valence electrons. The minimum absolute atomic E-state index is 0.153. The summed E-state index contributed by atoms with van der Waals surface area (Å²) in [4.78, 5) is 38.7. The van der Waals surface area contributed by atoms with Crippen molar-refractivity contribution < 1.29 is 14.4 Å². The van der Waals surface area contributed by atoms with E-state index in [0.29, 0.717) is 11.0 Å². The van der Waals surface area contributed by atoms with Gasteiger partial charge in [-0.15, -0.1) is 10.2 Å². The van der Waals surface area contributed by atoms with Crippen LogP contribution in [0.25, 0.3) is 0 Å². The van der Waals surface area contributed by atoms with E-state index >= 15 is 0 Å². The maximum Gasteiger partial charge on any atom is 0.246 e. The van der Waals surface area contributed by atoms with Crippen LogP contribution in [0.1, 0.15) is 44.0 Å². The lowest BCUT2D eigenvalue weighted by Crippen LogP contribution is -2.39. The van der Waals surface area contributed by atoms with Gasteiger partial charge >= 0.3 is 0 Å². The molecule has 2 bridgehead atoms. The summed E-state index contributed by atoms with van der Waals surface area (Å²) in [5, 5.41) is 12.2. The van der Waals surface area contributed by atoms with Gasteiger partial charge in [0.2, 0.25) is 22.9 Å². The summed E-state index contributed by atoms with van der Waals surface area (Å²) >= 11 is 1.35. The molecule has 7 nitrogen and oxygen atoms in total. The number of amides is 3. The second kappa shape index (κ2) is 6.57. The molecule has 2 heterocycles. The van der Waals surface area contributed by atoms with E-state index in [1.165, 1.54) is 11.3 Å². The lowest BCUT2D eigenvalue weighted by Gasteiger charge is -2.16. The molecule has 8 heteroatoms. The van der Waals surface area contributed by atoms with Crippen LogP contribution >= 0.6 is 11.3 Å². The van der Waals surface area contributed by atoms with E-state index in [2.05, 4.69) is 29.4 Å². The molecule has 1 saturated heterocycles. The van der Waals surface area contributed by atoms with Gasteiger partial charge in [0.1, 0.15) is 11.6 Å². The Bertz CT molecular complexity index is 755. The average molecular weight is 374 g/mol. The van der Waals surface area contributed by atoms with Crippen LogP contribution in [-0.4, -0.2) is 39.4 Å². The van der Waals surface area contributed by atoms with Crippen molar-refractivity contribution in [2.24, 2.45) is 23.7 Å². The molecular weight excluding hydrogens is 352 g/mol. The van der Waals surface area contributed by atoms with Crippen LogP contribution in [0.3, 0.4) is 0 Å². The molecule has 3 amide bonds. The van der Waals surface area contributed by atoms with Gasteiger partial charge < -0.3 is 0 Å². The Morgan fingerprint density at radius 2 is 1.81 bits per heavy atom. The van der Waals surface area contributed by atoms with Gasteiger partial charge in [-0.2, -0.15) is 0 Å². The van der Waals surface area contributed by atoms with Crippen LogP contribution in [0.5, 0.6) is 0 Å². The van der Waals surface area contributed by atoms with Crippen molar-refractivity contribution in [2.45, 2.75) is 39.0 Å². The Balaban J connectivity index is 1.40. The van der Waals surface area contributed by atoms with Crippen molar-refractivity contribution in [2.75, 3.05) is 11.9 Å². The smallest absolute Gasteiger partial charge is 0.246 e. The van der Waals surface area contributed by atoms with Gasteiger partial charge in [0.15, 0.2) is 0 Å². The van der Waals surface area contributed by atoms with Gasteiger partial charge in [-0.1, -0.05) is 37.3 Å². The quantitative estimate of drug-likeness (QED) is 0.609. The van der Waals surface area contributed by atoms with Gasteiger partial charge in [-0.25, -0.2) is 0 Å². The highest BCUT2D eigenvalue weighted by Crippen LogP contribution is 2.52. The number of fused-ring (bicyclic) bond motifs is 5. The number of aromatic nitrogens is 2. The number of hydrogen-bond donors (Lipinski definition) is 1. The van der Waals surface area contributed by atoms with E-state index < -0.39 is 5.91 Å². The molecule has 4 atom stereocenters. The Morgan fingerprint density at radius 3 is 2.38 bits per heavy atom. The minimum atomic E-state index is -0.403. The summed E-state index contributed by atoms with van der Waals surface area (Å²) in [5.74, 6) is -0.715. The molecule has 0 spiro atoms. The summed E-state index contributed by atoms with van der Waals surface area (Å²) in [6.45, 7) is 3.94. The molecule has 26 heavy (non-hydrogen) atoms. The van der Waals surface area contributed by atoms with Crippen LogP contribution in [0.4, 0.5) is 5.13 Å². The van der Waals surface area contributed by atoms with Crippen molar-refractivity contribution in [3.63, 3.8) is 0 Å². The lowest BCUT2D eigenvalue weighted by atomic mass is 9.85. The standard InChI is InChI=1S/C18H22N4O3S/c1-3-9(4-2)15-20-21-18(26-15)19-12(23)8-22-16(24)13-10-5-6-11(7-10)14(13)17(22)25/h5-6,9-11,13-14H,3-4,7-8H2,1-2H3,(H,19,21,23)/t10-,11-,13-,14+/m0/s1. The van der Waals surface area contributed by atoms with E-state index in [4.69, 9.17) is 0 Å². The molecule has 4 rings (SSSR count). The zero-order valence-corrected chi connectivity index (χ0v) is 15.7. The predicted octanol–water partition coefficient (Wildman–Crippen LogP) is 2.19. The molecule has 2 aliphatic carbocycles. The van der Waals surface area contributed by atoms with Gasteiger partial charge in [-0.05, 0) is 31.1 Å². The summed E-state index contributed by atoms with van der Waals surface area (Å²) in [6, 6.07) is 0. The second-order valence-electron chi connectivity index (χ2n) is 7.27. The SMILES string of the molecule is CCC(CC)c1nnc(NC(=O)CN2C(=O)[C@@H]3[C@H](C2=O)[C@H]2C=C[C@H]3C2)s1. The number of imide groups is 1. The zero-order chi connectivity index (χ0) is 18.4. The van der Waals surface area contributed by atoms with Crippen LogP contribution in [0.15, 0.2) is 12.2 Å². The Hall–Kier alpha value is -2.09. The third-order valence-electron chi connectivity index (χ3n) is 5.89. The largest absolute Gasteiger partial charge is 0.299 e. The van der Waals surface area contributed by atoms with Crippen molar-refractivity contribution >= 4 is 34.2 Å². The molecule has 0 unspecified atom stereocenters. The number of nitrogens with zero attached hydrogens (tertiary/aromatic N) is 3. The molecule has 0 radical (unpaired) electrons. The zero-order valence-electron chi connectivity index (χ0n) is 14.8. The Morgan fingerprint density at radius 1 is 1.19 bits per heavy atom. The number of rotatable bonds is 6. The Labute approximate surface area is 155 Å². The summed E-state index contributed by atoms with van der Waals surface area (Å²) in [7, 11) is 0. The highest BCUT2D eigenvalue weighted by atomic mass is 32.1. The van der Waals surface area contributed by atoms with E-state index in [-0.39, 0.29) is 42.0 Å². The van der Waals surface area contributed by atoms with E-state index in [1.54, 1.807) is 0 Å². The minimum Gasteiger partial charge on any atom is -0.299 e. The second-order valence-corrected chi connectivity index (χ2v) is 8.28. The molecular formula is C18H22N4O3S. The van der Waals surface area contributed by atoms with E-state index in [1.807, 2.05) is 12.2 Å². The fourth-order valence-electron chi connectivity index (χ4n) is 4.51.